The molecule has 1 aliphatic heterocycles. The summed E-state index contributed by atoms with van der Waals surface area (Å²) in [5.41, 5.74) is 0. The number of nitrogens with one attached hydrogen (secondary N) is 1. The van der Waals surface area contributed by atoms with Gasteiger partial charge < -0.3 is 40.3 Å². The van der Waals surface area contributed by atoms with Gasteiger partial charge in [-0.15, -0.1) is 0 Å². The highest BCUT2D eigenvalue weighted by Gasteiger charge is 2.44. The Morgan fingerprint density at radius 2 is 0.656 bits per heavy atom. The van der Waals surface area contributed by atoms with Crippen LogP contribution in [0.5, 0.6) is 0 Å². The zero-order chi connectivity index (χ0) is 69.2. The summed E-state index contributed by atoms with van der Waals surface area (Å²) in [6.07, 6.45) is 106. The normalized spacial score (nSPS) is 18.2. The average Bonchev–Trinajstić information content (AvgIpc) is 0.840. The minimum atomic E-state index is -1.58. The van der Waals surface area contributed by atoms with Gasteiger partial charge in [-0.2, -0.15) is 0 Å². The monoisotopic (exact) mass is 1340 g/mol. The van der Waals surface area contributed by atoms with Crippen molar-refractivity contribution in [3.05, 3.63) is 134 Å². The van der Waals surface area contributed by atoms with Crippen LogP contribution in [0.15, 0.2) is 134 Å². The Morgan fingerprint density at radius 3 is 1.00 bits per heavy atom. The fraction of sp³-hybridized carbons (Fsp3) is 0.736. The van der Waals surface area contributed by atoms with Crippen LogP contribution in [0, 0.1) is 0 Å². The van der Waals surface area contributed by atoms with E-state index < -0.39 is 49.5 Å². The highest BCUT2D eigenvalue weighted by Crippen LogP contribution is 2.23. The van der Waals surface area contributed by atoms with E-state index in [-0.39, 0.29) is 12.5 Å². The lowest BCUT2D eigenvalue weighted by Gasteiger charge is -2.40. The van der Waals surface area contributed by atoms with Crippen LogP contribution in [0.25, 0.3) is 0 Å². The molecule has 9 nitrogen and oxygen atoms in total. The Bertz CT molecular complexity index is 1990. The lowest BCUT2D eigenvalue weighted by Crippen LogP contribution is -2.60. The van der Waals surface area contributed by atoms with Crippen LogP contribution in [0.3, 0.4) is 0 Å². The van der Waals surface area contributed by atoms with Gasteiger partial charge in [-0.3, -0.25) is 4.79 Å². The van der Waals surface area contributed by atoms with Crippen molar-refractivity contribution < 1.29 is 39.8 Å². The lowest BCUT2D eigenvalue weighted by molar-refractivity contribution is -0.302. The first-order valence-electron chi connectivity index (χ1n) is 40.4. The first-order chi connectivity index (χ1) is 47.3. The van der Waals surface area contributed by atoms with Crippen LogP contribution < -0.4 is 5.32 Å². The van der Waals surface area contributed by atoms with Gasteiger partial charge >= 0.3 is 0 Å². The van der Waals surface area contributed by atoms with Crippen LogP contribution in [-0.2, 0) is 14.3 Å². The minimum absolute atomic E-state index is 0.191. The van der Waals surface area contributed by atoms with Gasteiger partial charge in [-0.25, -0.2) is 0 Å². The van der Waals surface area contributed by atoms with Crippen molar-refractivity contribution in [3.63, 3.8) is 0 Å². The molecule has 0 spiro atoms. The highest BCUT2D eigenvalue weighted by molar-refractivity contribution is 5.76. The SMILES string of the molecule is CC/C=C\C/C=C\C/C=C\C/C=C\C/C=C\C/C=C\C/C=C\C/C=C\CCCCCCCCCCCCCCCCCCC(=O)NC(COC1OC(CO)C(O)C(O)C1O)C(O)/C=C/CC/C=C/CC/C=C/CCCCCCCCCCCCCCCCCCCCCCCC. The van der Waals surface area contributed by atoms with Crippen LogP contribution in [0.2, 0.25) is 0 Å². The van der Waals surface area contributed by atoms with Gasteiger partial charge in [-0.05, 0) is 109 Å². The average molecular weight is 1340 g/mol. The van der Waals surface area contributed by atoms with E-state index in [0.717, 1.165) is 96.3 Å². The van der Waals surface area contributed by atoms with Crippen LogP contribution >= 0.6 is 0 Å². The fourth-order valence-corrected chi connectivity index (χ4v) is 12.2. The summed E-state index contributed by atoms with van der Waals surface area (Å²) < 4.78 is 11.3. The number of unbranched alkanes of at least 4 members (excludes halogenated alkanes) is 40. The second-order valence-corrected chi connectivity index (χ2v) is 27.5. The van der Waals surface area contributed by atoms with Gasteiger partial charge in [0.25, 0.3) is 0 Å². The second-order valence-electron chi connectivity index (χ2n) is 27.5. The number of ether oxygens (including phenoxy) is 2. The van der Waals surface area contributed by atoms with Crippen molar-refractivity contribution in [2.75, 3.05) is 13.2 Å². The Hall–Kier alpha value is -3.67. The van der Waals surface area contributed by atoms with Crippen molar-refractivity contribution in [3.8, 4) is 0 Å². The number of aliphatic hydroxyl groups excluding tert-OH is 5. The van der Waals surface area contributed by atoms with Gasteiger partial charge in [0.2, 0.25) is 5.91 Å². The van der Waals surface area contributed by atoms with Crippen molar-refractivity contribution in [2.45, 2.75) is 397 Å². The third-order valence-corrected chi connectivity index (χ3v) is 18.4. The summed E-state index contributed by atoms with van der Waals surface area (Å²) in [6, 6.07) is -0.838. The standard InChI is InChI=1S/C87H151NO8/c1-3-5-7-9-11-13-15-17-19-21-23-25-27-29-31-33-35-37-38-39-40-41-42-43-44-45-47-49-51-53-55-57-59-61-63-65-67-69-71-73-75-77-83(91)88-80(79-95-87-86(94)85(93)84(92)82(78-89)96-87)81(90)76-74-72-70-68-66-64-62-60-58-56-54-52-50-48-46-36-34-32-30-28-26-24-22-20-18-16-14-12-10-8-6-4-2/h5,7,11,13,17,19,23,25,29,31,35,37,39-40,42-43,58,60,66,68,74,76,80-82,84-87,89-90,92-94H,3-4,6,8-10,12,14-16,18,20-22,24,26-28,30,32-34,36,38,41,44-57,59,61-65,67,69-73,75,77-79H2,1-2H3,(H,88,91)/b7-5-,13-11-,19-17-,25-23-,31-29-,37-35-,40-39-,43-42-,60-58+,68-66+,76-74+. The van der Waals surface area contributed by atoms with Gasteiger partial charge in [-0.1, -0.05) is 372 Å². The smallest absolute Gasteiger partial charge is 0.220 e. The number of hydrogen-bond donors (Lipinski definition) is 6. The van der Waals surface area contributed by atoms with E-state index in [1.54, 1.807) is 6.08 Å². The van der Waals surface area contributed by atoms with Crippen molar-refractivity contribution >= 4 is 5.91 Å². The molecule has 7 atom stereocenters. The number of hydrogen-bond acceptors (Lipinski definition) is 8. The van der Waals surface area contributed by atoms with E-state index in [4.69, 9.17) is 9.47 Å². The molecule has 0 aromatic heterocycles. The molecule has 1 fully saturated rings. The maximum atomic E-state index is 13.2. The molecule has 0 aliphatic carbocycles. The molecule has 1 amide bonds. The summed E-state index contributed by atoms with van der Waals surface area (Å²) >= 11 is 0. The molecule has 1 rings (SSSR count). The molecule has 0 bridgehead atoms. The molecular weight excluding hydrogens is 1190 g/mol. The Kier molecular flexibility index (Phi) is 69.7. The lowest BCUT2D eigenvalue weighted by atomic mass is 9.99. The zero-order valence-electron chi connectivity index (χ0n) is 62.1. The van der Waals surface area contributed by atoms with E-state index in [0.29, 0.717) is 6.42 Å². The van der Waals surface area contributed by atoms with Gasteiger partial charge in [0, 0.05) is 6.42 Å². The van der Waals surface area contributed by atoms with Crippen molar-refractivity contribution in [1.29, 1.82) is 0 Å². The molecule has 6 N–H and O–H groups in total. The first kappa shape index (κ1) is 90.3. The van der Waals surface area contributed by atoms with Gasteiger partial charge in [0.15, 0.2) is 6.29 Å². The molecule has 552 valence electrons. The fourth-order valence-electron chi connectivity index (χ4n) is 12.2. The van der Waals surface area contributed by atoms with E-state index in [1.165, 1.54) is 238 Å². The molecule has 0 aromatic rings. The van der Waals surface area contributed by atoms with Crippen LogP contribution in [0.1, 0.15) is 354 Å². The Morgan fingerprint density at radius 1 is 0.365 bits per heavy atom. The van der Waals surface area contributed by atoms with Crippen molar-refractivity contribution in [1.82, 2.24) is 5.32 Å². The van der Waals surface area contributed by atoms with Crippen LogP contribution in [-0.4, -0.2) is 87.5 Å². The third-order valence-electron chi connectivity index (χ3n) is 18.4. The number of aliphatic hydroxyl groups is 5. The van der Waals surface area contributed by atoms with E-state index >= 15 is 0 Å². The van der Waals surface area contributed by atoms with Crippen LogP contribution in [0.4, 0.5) is 0 Å². The molecule has 0 saturated carbocycles. The summed E-state index contributed by atoms with van der Waals surface area (Å²) in [7, 11) is 0. The number of carbonyl (C=O) groups is 1. The maximum Gasteiger partial charge on any atom is 0.220 e. The molecule has 1 saturated heterocycles. The third kappa shape index (κ3) is 61.4. The van der Waals surface area contributed by atoms with Gasteiger partial charge in [0.05, 0.1) is 25.4 Å². The molecule has 7 unspecified atom stereocenters. The molecule has 0 radical (unpaired) electrons. The quantitative estimate of drug-likeness (QED) is 0.0261. The predicted molar refractivity (Wildman–Crippen MR) is 414 cm³/mol. The summed E-state index contributed by atoms with van der Waals surface area (Å²) in [4.78, 5) is 13.2. The summed E-state index contributed by atoms with van der Waals surface area (Å²) in [5.74, 6) is -0.191. The molecule has 96 heavy (non-hydrogen) atoms. The minimum Gasteiger partial charge on any atom is -0.394 e. The van der Waals surface area contributed by atoms with Crippen molar-refractivity contribution in [2.24, 2.45) is 0 Å². The number of amides is 1. The largest absolute Gasteiger partial charge is 0.394 e. The zero-order valence-corrected chi connectivity index (χ0v) is 62.1. The van der Waals surface area contributed by atoms with E-state index in [9.17, 15) is 30.3 Å². The molecule has 0 aromatic carbocycles. The topological polar surface area (TPSA) is 149 Å². The number of allylic oxidation sites excluding steroid dienone is 21. The summed E-state index contributed by atoms with van der Waals surface area (Å²) in [5, 5.41) is 54.9. The second kappa shape index (κ2) is 74.0. The van der Waals surface area contributed by atoms with E-state index in [1.807, 2.05) is 6.08 Å². The van der Waals surface area contributed by atoms with Gasteiger partial charge in [0.1, 0.15) is 24.4 Å². The Labute approximate surface area is 591 Å². The molecule has 1 aliphatic rings. The number of carbonyl (C=O) groups excluding carboxylic acids is 1. The molecule has 9 heteroatoms. The maximum absolute atomic E-state index is 13.2. The Balaban J connectivity index is 2.11. The first-order valence-corrected chi connectivity index (χ1v) is 40.4. The van der Waals surface area contributed by atoms with E-state index in [2.05, 4.69) is 141 Å². The summed E-state index contributed by atoms with van der Waals surface area (Å²) in [6.45, 7) is 3.68. The molecule has 1 heterocycles. The predicted octanol–water partition coefficient (Wildman–Crippen LogP) is 23.5. The molecular formula is C87H151NO8. The highest BCUT2D eigenvalue weighted by atomic mass is 16.7. The number of rotatable bonds is 70.